The fourth-order valence-electron chi connectivity index (χ4n) is 5.85. The van der Waals surface area contributed by atoms with E-state index in [1.54, 1.807) is 0 Å². The van der Waals surface area contributed by atoms with E-state index >= 15 is 0 Å². The van der Waals surface area contributed by atoms with Crippen LogP contribution < -0.4 is 5.32 Å². The number of carbonyl (C=O) groups excluding carboxylic acids is 2. The molecule has 5 rings (SSSR count). The summed E-state index contributed by atoms with van der Waals surface area (Å²) in [5, 5.41) is 13.6. The van der Waals surface area contributed by atoms with Gasteiger partial charge in [-0.25, -0.2) is 0 Å². The van der Waals surface area contributed by atoms with Crippen LogP contribution in [-0.4, -0.2) is 29.2 Å². The minimum absolute atomic E-state index is 0.136. The molecule has 4 fully saturated rings. The fraction of sp³-hybridized carbons (Fsp3) is 0.619. The normalized spacial score (nSPS) is 35.8. The highest BCUT2D eigenvalue weighted by atomic mass is 16.5. The van der Waals surface area contributed by atoms with Gasteiger partial charge in [0.05, 0.1) is 17.1 Å². The molecule has 1 amide bonds. The molecular weight excluding hydrogens is 330 g/mol. The van der Waals surface area contributed by atoms with Crippen molar-refractivity contribution in [2.45, 2.75) is 57.1 Å². The van der Waals surface area contributed by atoms with E-state index < -0.39 is 11.0 Å². The molecule has 4 bridgehead atoms. The molecule has 2 N–H and O–H groups in total. The quantitative estimate of drug-likeness (QED) is 0.795. The van der Waals surface area contributed by atoms with Gasteiger partial charge in [-0.1, -0.05) is 30.3 Å². The molecule has 0 saturated heterocycles. The molecule has 5 nitrogen and oxygen atoms in total. The van der Waals surface area contributed by atoms with Crippen molar-refractivity contribution < 1.29 is 19.4 Å². The average molecular weight is 357 g/mol. The predicted molar refractivity (Wildman–Crippen MR) is 96.0 cm³/mol. The first kappa shape index (κ1) is 17.5. The maximum Gasteiger partial charge on any atom is 0.312 e. The zero-order valence-electron chi connectivity index (χ0n) is 15.2. The van der Waals surface area contributed by atoms with Gasteiger partial charge in [0.15, 0.2) is 6.61 Å². The lowest BCUT2D eigenvalue weighted by Gasteiger charge is -2.58. The van der Waals surface area contributed by atoms with E-state index in [1.165, 1.54) is 0 Å². The largest absolute Gasteiger partial charge is 0.455 e. The minimum atomic E-state index is -0.701. The van der Waals surface area contributed by atoms with Gasteiger partial charge in [0.1, 0.15) is 0 Å². The Labute approximate surface area is 154 Å². The third-order valence-electron chi connectivity index (χ3n) is 6.47. The topological polar surface area (TPSA) is 75.6 Å². The van der Waals surface area contributed by atoms with Gasteiger partial charge in [0, 0.05) is 0 Å². The van der Waals surface area contributed by atoms with E-state index in [0.29, 0.717) is 18.3 Å². The molecule has 1 aromatic rings. The highest BCUT2D eigenvalue weighted by Gasteiger charge is 2.60. The second-order valence-electron chi connectivity index (χ2n) is 8.74. The van der Waals surface area contributed by atoms with E-state index in [4.69, 9.17) is 4.74 Å². The van der Waals surface area contributed by atoms with Gasteiger partial charge < -0.3 is 15.2 Å². The molecule has 0 unspecified atom stereocenters. The zero-order valence-corrected chi connectivity index (χ0v) is 15.2. The number of aliphatic hydroxyl groups is 1. The van der Waals surface area contributed by atoms with Gasteiger partial charge >= 0.3 is 5.97 Å². The standard InChI is InChI=1S/C21H27NO4/c1-14(17-5-3-2-4-6-17)22-18(23)12-26-19(24)20-8-15-7-16(9-20)11-21(25,10-15)13-20/h2-6,14-16,25H,7-13H2,1H3,(H,22,23)/t14-,15-,16-,20?,21?/m1/s1. The van der Waals surface area contributed by atoms with Crippen LogP contribution in [-0.2, 0) is 14.3 Å². The van der Waals surface area contributed by atoms with Crippen molar-refractivity contribution in [1.29, 1.82) is 0 Å². The Morgan fingerprint density at radius 3 is 2.46 bits per heavy atom. The van der Waals surface area contributed by atoms with Crippen molar-refractivity contribution in [3.8, 4) is 0 Å². The highest BCUT2D eigenvalue weighted by molar-refractivity contribution is 5.83. The summed E-state index contributed by atoms with van der Waals surface area (Å²) in [6, 6.07) is 9.55. The van der Waals surface area contributed by atoms with Gasteiger partial charge in [0.2, 0.25) is 0 Å². The number of benzene rings is 1. The van der Waals surface area contributed by atoms with Crippen LogP contribution in [0.15, 0.2) is 30.3 Å². The molecule has 140 valence electrons. The Bertz CT molecular complexity index is 687. The lowest BCUT2D eigenvalue weighted by Crippen LogP contribution is -2.58. The lowest BCUT2D eigenvalue weighted by atomic mass is 9.48. The van der Waals surface area contributed by atoms with Crippen LogP contribution in [0.1, 0.15) is 57.1 Å². The molecule has 0 aliphatic heterocycles. The van der Waals surface area contributed by atoms with Crippen LogP contribution in [0.2, 0.25) is 0 Å². The Balaban J connectivity index is 1.33. The van der Waals surface area contributed by atoms with Crippen LogP contribution in [0, 0.1) is 17.3 Å². The third kappa shape index (κ3) is 3.25. The van der Waals surface area contributed by atoms with Gasteiger partial charge in [0.25, 0.3) is 5.91 Å². The number of rotatable bonds is 5. The van der Waals surface area contributed by atoms with Crippen LogP contribution >= 0.6 is 0 Å². The molecule has 4 aliphatic carbocycles. The second-order valence-corrected chi connectivity index (χ2v) is 8.74. The number of amides is 1. The molecule has 1 aromatic carbocycles. The molecule has 5 heteroatoms. The second kappa shape index (κ2) is 6.38. The summed E-state index contributed by atoms with van der Waals surface area (Å²) in [5.41, 5.74) is -0.271. The molecule has 4 aliphatic rings. The van der Waals surface area contributed by atoms with Crippen LogP contribution in [0.3, 0.4) is 0 Å². The Kier molecular flexibility index (Phi) is 4.30. The number of nitrogens with one attached hydrogen (secondary N) is 1. The molecular formula is C21H27NO4. The number of ether oxygens (including phenoxy) is 1. The molecule has 0 aromatic heterocycles. The van der Waals surface area contributed by atoms with E-state index in [0.717, 1.165) is 37.7 Å². The van der Waals surface area contributed by atoms with Gasteiger partial charge in [-0.05, 0) is 62.8 Å². The first-order valence-electron chi connectivity index (χ1n) is 9.61. The van der Waals surface area contributed by atoms with Crippen molar-refractivity contribution >= 4 is 11.9 Å². The zero-order chi connectivity index (χ0) is 18.4. The van der Waals surface area contributed by atoms with Crippen molar-refractivity contribution in [2.24, 2.45) is 17.3 Å². The summed E-state index contributed by atoms with van der Waals surface area (Å²) in [7, 11) is 0. The van der Waals surface area contributed by atoms with Crippen molar-refractivity contribution in [1.82, 2.24) is 5.32 Å². The number of carbonyl (C=O) groups is 2. The van der Waals surface area contributed by atoms with Crippen LogP contribution in [0.25, 0.3) is 0 Å². The summed E-state index contributed by atoms with van der Waals surface area (Å²) in [5.74, 6) is 0.243. The maximum absolute atomic E-state index is 12.8. The summed E-state index contributed by atoms with van der Waals surface area (Å²) in [6.07, 6.45) is 4.83. The molecule has 0 radical (unpaired) electrons. The Morgan fingerprint density at radius 2 is 1.85 bits per heavy atom. The average Bonchev–Trinajstić information content (AvgIpc) is 2.58. The number of esters is 1. The molecule has 4 saturated carbocycles. The summed E-state index contributed by atoms with van der Waals surface area (Å²) in [6.45, 7) is 1.65. The Morgan fingerprint density at radius 1 is 1.19 bits per heavy atom. The monoisotopic (exact) mass is 357 g/mol. The maximum atomic E-state index is 12.8. The highest BCUT2D eigenvalue weighted by Crippen LogP contribution is 2.61. The molecule has 3 atom stereocenters. The van der Waals surface area contributed by atoms with Crippen molar-refractivity contribution in [3.05, 3.63) is 35.9 Å². The molecule has 0 spiro atoms. The lowest BCUT2D eigenvalue weighted by molar-refractivity contribution is -0.196. The number of hydrogen-bond donors (Lipinski definition) is 2. The summed E-state index contributed by atoms with van der Waals surface area (Å²) >= 11 is 0. The van der Waals surface area contributed by atoms with Gasteiger partial charge in [-0.15, -0.1) is 0 Å². The predicted octanol–water partition coefficient (Wildman–Crippen LogP) is 2.74. The van der Waals surface area contributed by atoms with Gasteiger partial charge in [-0.2, -0.15) is 0 Å². The molecule has 0 heterocycles. The third-order valence-corrected chi connectivity index (χ3v) is 6.47. The molecule has 26 heavy (non-hydrogen) atoms. The van der Waals surface area contributed by atoms with E-state index in [9.17, 15) is 14.7 Å². The van der Waals surface area contributed by atoms with E-state index in [2.05, 4.69) is 5.32 Å². The van der Waals surface area contributed by atoms with Gasteiger partial charge in [-0.3, -0.25) is 9.59 Å². The van der Waals surface area contributed by atoms with Crippen molar-refractivity contribution in [2.75, 3.05) is 6.61 Å². The van der Waals surface area contributed by atoms with Crippen molar-refractivity contribution in [3.63, 3.8) is 0 Å². The smallest absolute Gasteiger partial charge is 0.312 e. The summed E-state index contributed by atoms with van der Waals surface area (Å²) < 4.78 is 5.41. The Hall–Kier alpha value is -1.88. The van der Waals surface area contributed by atoms with Crippen LogP contribution in [0.4, 0.5) is 0 Å². The van der Waals surface area contributed by atoms with Crippen LogP contribution in [0.5, 0.6) is 0 Å². The SMILES string of the molecule is C[C@@H](NC(=O)COC(=O)C12C[C@H]3C[C@@H](CC(O)(C3)C1)C2)c1ccccc1. The number of hydrogen-bond acceptors (Lipinski definition) is 4. The first-order chi connectivity index (χ1) is 12.4. The van der Waals surface area contributed by atoms with E-state index in [1.807, 2.05) is 37.3 Å². The minimum Gasteiger partial charge on any atom is -0.455 e. The first-order valence-corrected chi connectivity index (χ1v) is 9.61. The van der Waals surface area contributed by atoms with E-state index in [-0.39, 0.29) is 24.5 Å². The fourth-order valence-corrected chi connectivity index (χ4v) is 5.85. The summed E-state index contributed by atoms with van der Waals surface area (Å²) in [4.78, 5) is 25.0.